The summed E-state index contributed by atoms with van der Waals surface area (Å²) in [6.07, 6.45) is 0.542. The summed E-state index contributed by atoms with van der Waals surface area (Å²) in [5.74, 6) is -0.717. The van der Waals surface area contributed by atoms with Gasteiger partial charge in [-0.15, -0.1) is 0 Å². The molecule has 36 heavy (non-hydrogen) atoms. The molecule has 1 fully saturated rings. The van der Waals surface area contributed by atoms with E-state index in [4.69, 9.17) is 23.2 Å². The van der Waals surface area contributed by atoms with E-state index < -0.39 is 11.9 Å². The van der Waals surface area contributed by atoms with Gasteiger partial charge in [0.2, 0.25) is 0 Å². The van der Waals surface area contributed by atoms with Crippen molar-refractivity contribution in [3.05, 3.63) is 88.4 Å². The fraction of sp³-hybridized carbons (Fsp3) is 0.154. The van der Waals surface area contributed by atoms with Gasteiger partial charge in [-0.1, -0.05) is 41.4 Å². The molecular formula is C26H21Cl2N5O3. The number of rotatable bonds is 4. The third kappa shape index (κ3) is 4.91. The number of nitrogens with one attached hydrogen (secondary N) is 2. The first kappa shape index (κ1) is 23.8. The quantitative estimate of drug-likeness (QED) is 0.474. The molecule has 5 rings (SSSR count). The zero-order valence-corrected chi connectivity index (χ0v) is 20.5. The molecule has 8 nitrogen and oxygen atoms in total. The van der Waals surface area contributed by atoms with Crippen molar-refractivity contribution in [2.75, 3.05) is 28.7 Å². The van der Waals surface area contributed by atoms with E-state index in [1.165, 1.54) is 5.01 Å². The van der Waals surface area contributed by atoms with E-state index in [1.807, 2.05) is 18.2 Å². The average molecular weight is 522 g/mol. The lowest BCUT2D eigenvalue weighted by atomic mass is 9.95. The first-order valence-corrected chi connectivity index (χ1v) is 12.0. The Morgan fingerprint density at radius 1 is 0.889 bits per heavy atom. The second kappa shape index (κ2) is 10.0. The van der Waals surface area contributed by atoms with Crippen molar-refractivity contribution in [2.24, 2.45) is 11.0 Å². The SMILES string of the molecule is O=C(Nc1ccc(N2N=C3CCN(C(=O)c4ccccc4)C[C@@H]3C2=O)cc1)Nc1ccc(Cl)c(Cl)c1. The molecule has 0 radical (unpaired) electrons. The summed E-state index contributed by atoms with van der Waals surface area (Å²) in [5.41, 5.74) is 3.00. The Kier molecular flexibility index (Phi) is 6.63. The third-order valence-electron chi connectivity index (χ3n) is 6.03. The monoisotopic (exact) mass is 521 g/mol. The lowest BCUT2D eigenvalue weighted by Crippen LogP contribution is -2.46. The van der Waals surface area contributed by atoms with Crippen LogP contribution in [0.5, 0.6) is 0 Å². The summed E-state index contributed by atoms with van der Waals surface area (Å²) >= 11 is 11.9. The molecule has 0 aliphatic carbocycles. The zero-order valence-electron chi connectivity index (χ0n) is 18.9. The maximum Gasteiger partial charge on any atom is 0.323 e. The highest BCUT2D eigenvalue weighted by Gasteiger charge is 2.41. The van der Waals surface area contributed by atoms with E-state index in [2.05, 4.69) is 15.7 Å². The van der Waals surface area contributed by atoms with Crippen LogP contribution in [-0.4, -0.2) is 41.5 Å². The number of halogens is 2. The van der Waals surface area contributed by atoms with Crippen LogP contribution in [0, 0.1) is 5.92 Å². The van der Waals surface area contributed by atoms with Crippen LogP contribution < -0.4 is 15.6 Å². The number of urea groups is 1. The number of likely N-dealkylation sites (tertiary alicyclic amines) is 1. The fourth-order valence-corrected chi connectivity index (χ4v) is 4.49. The Morgan fingerprint density at radius 3 is 2.31 bits per heavy atom. The molecule has 2 aliphatic rings. The minimum atomic E-state index is -0.457. The Bertz CT molecular complexity index is 1360. The van der Waals surface area contributed by atoms with Crippen molar-refractivity contribution in [3.8, 4) is 0 Å². The van der Waals surface area contributed by atoms with Crippen LogP contribution in [0.3, 0.4) is 0 Å². The van der Waals surface area contributed by atoms with Gasteiger partial charge in [-0.05, 0) is 54.6 Å². The highest BCUT2D eigenvalue weighted by molar-refractivity contribution is 6.42. The number of nitrogens with zero attached hydrogens (tertiary/aromatic N) is 3. The number of fused-ring (bicyclic) bond motifs is 1. The second-order valence-corrected chi connectivity index (χ2v) is 9.23. The first-order valence-electron chi connectivity index (χ1n) is 11.3. The lowest BCUT2D eigenvalue weighted by Gasteiger charge is -2.30. The van der Waals surface area contributed by atoms with E-state index in [0.717, 1.165) is 5.71 Å². The molecular weight excluding hydrogens is 501 g/mol. The molecule has 1 saturated heterocycles. The number of carbonyl (C=O) groups is 3. The highest BCUT2D eigenvalue weighted by Crippen LogP contribution is 2.30. The number of carbonyl (C=O) groups excluding carboxylic acids is 3. The van der Waals surface area contributed by atoms with Crippen LogP contribution in [0.25, 0.3) is 0 Å². The average Bonchev–Trinajstić information content (AvgIpc) is 3.22. The number of benzene rings is 3. The predicted octanol–water partition coefficient (Wildman–Crippen LogP) is 5.50. The Morgan fingerprint density at radius 2 is 1.58 bits per heavy atom. The predicted molar refractivity (Wildman–Crippen MR) is 141 cm³/mol. The Labute approximate surface area is 217 Å². The van der Waals surface area contributed by atoms with E-state index in [0.29, 0.717) is 52.2 Å². The van der Waals surface area contributed by atoms with Crippen LogP contribution in [0.1, 0.15) is 16.8 Å². The van der Waals surface area contributed by atoms with Gasteiger partial charge in [-0.3, -0.25) is 9.59 Å². The van der Waals surface area contributed by atoms with Crippen LogP contribution in [-0.2, 0) is 4.79 Å². The summed E-state index contributed by atoms with van der Waals surface area (Å²) in [5, 5.41) is 12.0. The van der Waals surface area contributed by atoms with Gasteiger partial charge in [-0.25, -0.2) is 9.80 Å². The molecule has 0 aromatic heterocycles. The van der Waals surface area contributed by atoms with E-state index in [1.54, 1.807) is 59.5 Å². The van der Waals surface area contributed by atoms with E-state index >= 15 is 0 Å². The first-order chi connectivity index (χ1) is 17.4. The molecule has 10 heteroatoms. The van der Waals surface area contributed by atoms with Crippen LogP contribution in [0.2, 0.25) is 10.0 Å². The molecule has 3 aromatic rings. The number of hydrogen-bond acceptors (Lipinski definition) is 4. The molecule has 2 heterocycles. The molecule has 4 amide bonds. The summed E-state index contributed by atoms with van der Waals surface area (Å²) < 4.78 is 0. The second-order valence-electron chi connectivity index (χ2n) is 8.42. The number of anilines is 3. The van der Waals surface area contributed by atoms with E-state index in [-0.39, 0.29) is 11.8 Å². The van der Waals surface area contributed by atoms with Crippen molar-refractivity contribution < 1.29 is 14.4 Å². The molecule has 0 unspecified atom stereocenters. The largest absolute Gasteiger partial charge is 0.337 e. The van der Waals surface area contributed by atoms with Crippen molar-refractivity contribution in [3.63, 3.8) is 0 Å². The maximum absolute atomic E-state index is 13.1. The van der Waals surface area contributed by atoms with Crippen LogP contribution in [0.15, 0.2) is 77.9 Å². The van der Waals surface area contributed by atoms with Crippen molar-refractivity contribution >= 4 is 63.8 Å². The van der Waals surface area contributed by atoms with Crippen LogP contribution in [0.4, 0.5) is 21.9 Å². The molecule has 182 valence electrons. The van der Waals surface area contributed by atoms with Gasteiger partial charge in [0.15, 0.2) is 0 Å². The summed E-state index contributed by atoms with van der Waals surface area (Å²) in [6.45, 7) is 0.817. The molecule has 0 bridgehead atoms. The van der Waals surface area contributed by atoms with Gasteiger partial charge in [0.05, 0.1) is 27.4 Å². The maximum atomic E-state index is 13.1. The van der Waals surface area contributed by atoms with Crippen molar-refractivity contribution in [1.82, 2.24) is 4.90 Å². The zero-order chi connectivity index (χ0) is 25.2. The standard InChI is InChI=1S/C26H21Cl2N5O3/c27-21-11-8-18(14-22(21)28)30-26(36)29-17-6-9-19(10-7-17)33-25(35)20-15-32(13-12-23(20)31-33)24(34)16-4-2-1-3-5-16/h1-11,14,20H,12-13,15H2,(H2,29,30,36)/t20-/m0/s1. The normalized spacial score (nSPS) is 16.9. The molecule has 3 aromatic carbocycles. The Balaban J connectivity index is 1.21. The van der Waals surface area contributed by atoms with Gasteiger partial charge in [0.1, 0.15) is 0 Å². The molecule has 0 saturated carbocycles. The van der Waals surface area contributed by atoms with Crippen molar-refractivity contribution in [2.45, 2.75) is 6.42 Å². The number of hydrazone groups is 1. The fourth-order valence-electron chi connectivity index (χ4n) is 4.19. The van der Waals surface area contributed by atoms with Gasteiger partial charge in [0.25, 0.3) is 11.8 Å². The van der Waals surface area contributed by atoms with Gasteiger partial charge in [-0.2, -0.15) is 5.10 Å². The topological polar surface area (TPSA) is 94.1 Å². The number of hydrogen-bond donors (Lipinski definition) is 2. The number of piperidine rings is 1. The lowest BCUT2D eigenvalue weighted by molar-refractivity contribution is -0.120. The highest BCUT2D eigenvalue weighted by atomic mass is 35.5. The minimum absolute atomic E-state index is 0.0875. The summed E-state index contributed by atoms with van der Waals surface area (Å²) in [4.78, 5) is 40.0. The summed E-state index contributed by atoms with van der Waals surface area (Å²) in [7, 11) is 0. The molecule has 2 aliphatic heterocycles. The van der Waals surface area contributed by atoms with Gasteiger partial charge < -0.3 is 15.5 Å². The molecule has 2 N–H and O–H groups in total. The minimum Gasteiger partial charge on any atom is -0.337 e. The van der Waals surface area contributed by atoms with Crippen LogP contribution >= 0.6 is 23.2 Å². The van der Waals surface area contributed by atoms with Gasteiger partial charge in [0, 0.05) is 36.4 Å². The Hall–Kier alpha value is -3.88. The van der Waals surface area contributed by atoms with Gasteiger partial charge >= 0.3 is 6.03 Å². The number of amides is 4. The molecule has 1 atom stereocenters. The third-order valence-corrected chi connectivity index (χ3v) is 6.77. The smallest absolute Gasteiger partial charge is 0.323 e. The summed E-state index contributed by atoms with van der Waals surface area (Å²) in [6, 6.07) is 20.2. The van der Waals surface area contributed by atoms with Crippen molar-refractivity contribution in [1.29, 1.82) is 0 Å². The van der Waals surface area contributed by atoms with E-state index in [9.17, 15) is 14.4 Å². The molecule has 0 spiro atoms.